The molecule has 1 aliphatic rings. The highest BCUT2D eigenvalue weighted by atomic mass is 16.1. The first-order valence-electron chi connectivity index (χ1n) is 6.95. The zero-order chi connectivity index (χ0) is 13.8. The third kappa shape index (κ3) is 2.88. The van der Waals surface area contributed by atoms with Gasteiger partial charge in [-0.3, -0.25) is 4.79 Å². The van der Waals surface area contributed by atoms with E-state index in [0.717, 1.165) is 18.7 Å². The molecule has 0 saturated carbocycles. The van der Waals surface area contributed by atoms with Crippen molar-refractivity contribution in [2.75, 3.05) is 13.1 Å². The number of nitrogens with one attached hydrogen (secondary N) is 2. The zero-order valence-electron chi connectivity index (χ0n) is 11.2. The molecule has 5 heteroatoms. The maximum Gasteiger partial charge on any atom is 0.271 e. The molecule has 1 saturated heterocycles. The van der Waals surface area contributed by atoms with Gasteiger partial charge in [-0.1, -0.05) is 18.2 Å². The summed E-state index contributed by atoms with van der Waals surface area (Å²) in [5.74, 6) is -0.117. The summed E-state index contributed by atoms with van der Waals surface area (Å²) in [4.78, 5) is 12.0. The van der Waals surface area contributed by atoms with E-state index in [4.69, 9.17) is 0 Å². The minimum absolute atomic E-state index is 0.117. The Morgan fingerprint density at radius 3 is 2.95 bits per heavy atom. The average molecular weight is 270 g/mol. The predicted molar refractivity (Wildman–Crippen MR) is 76.9 cm³/mol. The van der Waals surface area contributed by atoms with Gasteiger partial charge in [-0.15, -0.1) is 0 Å². The van der Waals surface area contributed by atoms with E-state index in [1.165, 1.54) is 6.42 Å². The number of rotatable bonds is 4. The maximum atomic E-state index is 12.0. The van der Waals surface area contributed by atoms with Crippen molar-refractivity contribution >= 4 is 5.91 Å². The summed E-state index contributed by atoms with van der Waals surface area (Å²) in [5.41, 5.74) is 1.40. The van der Waals surface area contributed by atoms with Crippen molar-refractivity contribution < 1.29 is 4.79 Å². The predicted octanol–water partition coefficient (Wildman–Crippen LogP) is 1.35. The van der Waals surface area contributed by atoms with Crippen LogP contribution in [-0.4, -0.2) is 34.8 Å². The van der Waals surface area contributed by atoms with E-state index >= 15 is 0 Å². The summed E-state index contributed by atoms with van der Waals surface area (Å²) in [6.07, 6.45) is 4.11. The molecule has 2 N–H and O–H groups in total. The average Bonchev–Trinajstić information content (AvgIpc) is 3.17. The van der Waals surface area contributed by atoms with Gasteiger partial charge >= 0.3 is 0 Å². The Morgan fingerprint density at radius 2 is 2.20 bits per heavy atom. The van der Waals surface area contributed by atoms with Crippen molar-refractivity contribution in [2.45, 2.75) is 18.9 Å². The Bertz CT molecular complexity index is 573. The summed E-state index contributed by atoms with van der Waals surface area (Å²) in [7, 11) is 0. The van der Waals surface area contributed by atoms with Crippen LogP contribution in [0.3, 0.4) is 0 Å². The van der Waals surface area contributed by atoms with Crippen molar-refractivity contribution in [3.8, 4) is 5.69 Å². The van der Waals surface area contributed by atoms with Crippen LogP contribution >= 0.6 is 0 Å². The molecular weight excluding hydrogens is 252 g/mol. The number of nitrogens with zero attached hydrogens (tertiary/aromatic N) is 2. The molecule has 1 aliphatic heterocycles. The van der Waals surface area contributed by atoms with Gasteiger partial charge in [0.15, 0.2) is 5.69 Å². The number of carbonyl (C=O) groups excluding carboxylic acids is 1. The smallest absolute Gasteiger partial charge is 0.271 e. The number of benzene rings is 1. The van der Waals surface area contributed by atoms with E-state index in [2.05, 4.69) is 15.7 Å². The maximum absolute atomic E-state index is 12.0. The van der Waals surface area contributed by atoms with Crippen LogP contribution in [0.25, 0.3) is 5.69 Å². The lowest BCUT2D eigenvalue weighted by molar-refractivity contribution is 0.0945. The van der Waals surface area contributed by atoms with E-state index in [0.29, 0.717) is 18.3 Å². The lowest BCUT2D eigenvalue weighted by atomic mass is 10.2. The van der Waals surface area contributed by atoms with Crippen molar-refractivity contribution in [2.24, 2.45) is 0 Å². The number of hydrogen-bond acceptors (Lipinski definition) is 3. The van der Waals surface area contributed by atoms with Crippen LogP contribution in [0, 0.1) is 0 Å². The number of aromatic nitrogens is 2. The molecule has 20 heavy (non-hydrogen) atoms. The molecule has 2 aromatic rings. The summed E-state index contributed by atoms with van der Waals surface area (Å²) < 4.78 is 1.71. The van der Waals surface area contributed by atoms with Crippen LogP contribution in [0.1, 0.15) is 23.3 Å². The van der Waals surface area contributed by atoms with Gasteiger partial charge in [-0.05, 0) is 37.6 Å². The van der Waals surface area contributed by atoms with Crippen LogP contribution in [0.4, 0.5) is 0 Å². The van der Waals surface area contributed by atoms with Gasteiger partial charge < -0.3 is 10.6 Å². The molecule has 1 aromatic heterocycles. The molecule has 1 fully saturated rings. The molecule has 1 amide bonds. The standard InChI is InChI=1S/C15H18N4O/c20-15(17-11-12-5-4-9-16-12)14-8-10-19(18-14)13-6-2-1-3-7-13/h1-3,6-8,10,12,16H,4-5,9,11H2,(H,17,20). The zero-order valence-corrected chi connectivity index (χ0v) is 11.2. The van der Waals surface area contributed by atoms with Crippen molar-refractivity contribution in [3.63, 3.8) is 0 Å². The van der Waals surface area contributed by atoms with Gasteiger partial charge in [-0.25, -0.2) is 4.68 Å². The molecule has 104 valence electrons. The Kier molecular flexibility index (Phi) is 3.78. The topological polar surface area (TPSA) is 59.0 Å². The van der Waals surface area contributed by atoms with E-state index in [1.807, 2.05) is 30.3 Å². The van der Waals surface area contributed by atoms with E-state index in [-0.39, 0.29) is 5.91 Å². The van der Waals surface area contributed by atoms with Gasteiger partial charge in [-0.2, -0.15) is 5.10 Å². The highest BCUT2D eigenvalue weighted by molar-refractivity contribution is 5.92. The number of amides is 1. The number of para-hydroxylation sites is 1. The van der Waals surface area contributed by atoms with Gasteiger partial charge in [0.05, 0.1) is 5.69 Å². The number of carbonyl (C=O) groups is 1. The fourth-order valence-corrected chi connectivity index (χ4v) is 2.41. The van der Waals surface area contributed by atoms with Gasteiger partial charge in [0, 0.05) is 18.8 Å². The van der Waals surface area contributed by atoms with E-state index in [9.17, 15) is 4.79 Å². The lowest BCUT2D eigenvalue weighted by Crippen LogP contribution is -2.37. The van der Waals surface area contributed by atoms with Crippen LogP contribution in [-0.2, 0) is 0 Å². The molecule has 1 aromatic carbocycles. The van der Waals surface area contributed by atoms with Gasteiger partial charge in [0.1, 0.15) is 0 Å². The molecule has 1 atom stereocenters. The Labute approximate surface area is 118 Å². The highest BCUT2D eigenvalue weighted by Gasteiger charge is 2.16. The molecule has 0 aliphatic carbocycles. The molecule has 0 radical (unpaired) electrons. The Morgan fingerprint density at radius 1 is 1.35 bits per heavy atom. The molecule has 2 heterocycles. The molecule has 5 nitrogen and oxygen atoms in total. The van der Waals surface area contributed by atoms with Crippen molar-refractivity contribution in [3.05, 3.63) is 48.3 Å². The van der Waals surface area contributed by atoms with Crippen molar-refractivity contribution in [1.29, 1.82) is 0 Å². The second-order valence-corrected chi connectivity index (χ2v) is 4.98. The highest BCUT2D eigenvalue weighted by Crippen LogP contribution is 2.07. The summed E-state index contributed by atoms with van der Waals surface area (Å²) in [6.45, 7) is 1.71. The minimum Gasteiger partial charge on any atom is -0.349 e. The molecular formula is C15H18N4O. The Hall–Kier alpha value is -2.14. The van der Waals surface area contributed by atoms with E-state index in [1.54, 1.807) is 16.9 Å². The van der Waals surface area contributed by atoms with Crippen LogP contribution < -0.4 is 10.6 Å². The Balaban J connectivity index is 1.62. The molecule has 0 bridgehead atoms. The minimum atomic E-state index is -0.117. The molecule has 3 rings (SSSR count). The second kappa shape index (κ2) is 5.88. The lowest BCUT2D eigenvalue weighted by Gasteiger charge is -2.10. The van der Waals surface area contributed by atoms with Gasteiger partial charge in [0.2, 0.25) is 0 Å². The molecule has 1 unspecified atom stereocenters. The fourth-order valence-electron chi connectivity index (χ4n) is 2.41. The molecule has 0 spiro atoms. The SMILES string of the molecule is O=C(NCC1CCCN1)c1ccn(-c2ccccc2)n1. The first-order chi connectivity index (χ1) is 9.83. The normalized spacial score (nSPS) is 18.1. The first kappa shape index (κ1) is 12.9. The van der Waals surface area contributed by atoms with Gasteiger partial charge in [0.25, 0.3) is 5.91 Å². The summed E-state index contributed by atoms with van der Waals surface area (Å²) in [5, 5.41) is 10.6. The quantitative estimate of drug-likeness (QED) is 0.882. The summed E-state index contributed by atoms with van der Waals surface area (Å²) in [6, 6.07) is 11.9. The van der Waals surface area contributed by atoms with Crippen molar-refractivity contribution in [1.82, 2.24) is 20.4 Å². The van der Waals surface area contributed by atoms with Crippen LogP contribution in [0.5, 0.6) is 0 Å². The summed E-state index contributed by atoms with van der Waals surface area (Å²) >= 11 is 0. The first-order valence-corrected chi connectivity index (χ1v) is 6.95. The third-order valence-electron chi connectivity index (χ3n) is 3.51. The van der Waals surface area contributed by atoms with E-state index < -0.39 is 0 Å². The largest absolute Gasteiger partial charge is 0.349 e. The number of hydrogen-bond donors (Lipinski definition) is 2. The third-order valence-corrected chi connectivity index (χ3v) is 3.51. The monoisotopic (exact) mass is 270 g/mol. The van der Waals surface area contributed by atoms with Crippen LogP contribution in [0.2, 0.25) is 0 Å². The van der Waals surface area contributed by atoms with Crippen LogP contribution in [0.15, 0.2) is 42.6 Å². The fraction of sp³-hybridized carbons (Fsp3) is 0.333. The second-order valence-electron chi connectivity index (χ2n) is 4.98.